The standard InChI is InChI=1S/C26H25N3O5S/c30-23(27-12-20(24(31)32)15-6-5-7-15)22-13-28-25(35-22)29-26(33)34-14-21-18-10-3-1-8-16(18)17-9-2-4-11-19(17)21/h1-4,8-11,13,15,20-21H,5-7,12,14H2,(H,27,30)(H,31,32)(H,28,29,33). The van der Waals surface area contributed by atoms with Crippen molar-refractivity contribution >= 4 is 34.4 Å². The largest absolute Gasteiger partial charge is 0.481 e. The Kier molecular flexibility index (Phi) is 6.50. The highest BCUT2D eigenvalue weighted by Gasteiger charge is 2.33. The first kappa shape index (κ1) is 23.0. The zero-order valence-corrected chi connectivity index (χ0v) is 19.7. The Bertz CT molecular complexity index is 1220. The van der Waals surface area contributed by atoms with Crippen LogP contribution in [0.1, 0.15) is 46.0 Å². The number of carboxylic acids is 1. The number of benzene rings is 2. The lowest BCUT2D eigenvalue weighted by atomic mass is 9.76. The van der Waals surface area contributed by atoms with Crippen LogP contribution in [-0.4, -0.2) is 41.2 Å². The van der Waals surface area contributed by atoms with Crippen LogP contribution in [0.4, 0.5) is 9.93 Å². The summed E-state index contributed by atoms with van der Waals surface area (Å²) >= 11 is 1.01. The van der Waals surface area contributed by atoms with Gasteiger partial charge in [0.05, 0.1) is 12.1 Å². The van der Waals surface area contributed by atoms with E-state index in [4.69, 9.17) is 4.74 Å². The third-order valence-electron chi connectivity index (χ3n) is 6.80. The number of carboxylic acid groups (broad SMARTS) is 1. The van der Waals surface area contributed by atoms with Crippen LogP contribution in [0.3, 0.4) is 0 Å². The molecule has 3 N–H and O–H groups in total. The Labute approximate surface area is 206 Å². The van der Waals surface area contributed by atoms with Gasteiger partial charge in [-0.05, 0) is 41.0 Å². The Hall–Kier alpha value is -3.72. The molecule has 0 radical (unpaired) electrons. The van der Waals surface area contributed by atoms with E-state index in [0.29, 0.717) is 0 Å². The van der Waals surface area contributed by atoms with Crippen LogP contribution in [0.2, 0.25) is 0 Å². The molecule has 2 aliphatic rings. The molecule has 180 valence electrons. The summed E-state index contributed by atoms with van der Waals surface area (Å²) in [6.07, 6.45) is 3.49. The number of carbonyl (C=O) groups excluding carboxylic acids is 2. The average molecular weight is 492 g/mol. The quantitative estimate of drug-likeness (QED) is 0.419. The number of aliphatic carboxylic acids is 1. The molecular weight excluding hydrogens is 466 g/mol. The Morgan fingerprint density at radius 1 is 1.06 bits per heavy atom. The van der Waals surface area contributed by atoms with E-state index in [1.165, 1.54) is 6.20 Å². The van der Waals surface area contributed by atoms with Gasteiger partial charge in [-0.3, -0.25) is 14.9 Å². The Morgan fingerprint density at radius 3 is 2.31 bits per heavy atom. The molecule has 2 aliphatic carbocycles. The van der Waals surface area contributed by atoms with Gasteiger partial charge in [0.2, 0.25) is 0 Å². The van der Waals surface area contributed by atoms with E-state index in [1.807, 2.05) is 36.4 Å². The molecule has 0 aliphatic heterocycles. The first-order valence-corrected chi connectivity index (χ1v) is 12.4. The van der Waals surface area contributed by atoms with Crippen molar-refractivity contribution in [3.05, 3.63) is 70.7 Å². The maximum Gasteiger partial charge on any atom is 0.413 e. The van der Waals surface area contributed by atoms with E-state index < -0.39 is 23.9 Å². The van der Waals surface area contributed by atoms with Gasteiger partial charge in [-0.2, -0.15) is 0 Å². The van der Waals surface area contributed by atoms with E-state index in [2.05, 4.69) is 27.8 Å². The van der Waals surface area contributed by atoms with Crippen molar-refractivity contribution in [1.29, 1.82) is 0 Å². The molecule has 8 nitrogen and oxygen atoms in total. The number of nitrogens with one attached hydrogen (secondary N) is 2. The third-order valence-corrected chi connectivity index (χ3v) is 7.71. The van der Waals surface area contributed by atoms with Crippen LogP contribution >= 0.6 is 11.3 Å². The fraction of sp³-hybridized carbons (Fsp3) is 0.308. The van der Waals surface area contributed by atoms with Gasteiger partial charge < -0.3 is 15.2 Å². The summed E-state index contributed by atoms with van der Waals surface area (Å²) in [5.74, 6) is -1.83. The lowest BCUT2D eigenvalue weighted by Gasteiger charge is -2.31. The summed E-state index contributed by atoms with van der Waals surface area (Å²) in [7, 11) is 0. The Balaban J connectivity index is 1.16. The van der Waals surface area contributed by atoms with E-state index in [1.54, 1.807) is 0 Å². The van der Waals surface area contributed by atoms with Gasteiger partial charge in [0, 0.05) is 12.5 Å². The number of carbonyl (C=O) groups is 3. The third kappa shape index (κ3) is 4.77. The van der Waals surface area contributed by atoms with Crippen molar-refractivity contribution < 1.29 is 24.2 Å². The molecule has 2 aromatic carbocycles. The predicted molar refractivity (Wildman–Crippen MR) is 132 cm³/mol. The fourth-order valence-corrected chi connectivity index (χ4v) is 5.46. The van der Waals surface area contributed by atoms with Gasteiger partial charge in [-0.1, -0.05) is 66.3 Å². The molecule has 35 heavy (non-hydrogen) atoms. The van der Waals surface area contributed by atoms with Gasteiger partial charge >= 0.3 is 12.1 Å². The highest BCUT2D eigenvalue weighted by Crippen LogP contribution is 2.44. The molecule has 0 spiro atoms. The average Bonchev–Trinajstić information content (AvgIpc) is 3.41. The SMILES string of the molecule is O=C(Nc1ncc(C(=O)NCC(C(=O)O)C2CCC2)s1)OCC1c2ccccc2-c2ccccc21. The lowest BCUT2D eigenvalue weighted by Crippen LogP contribution is -2.39. The van der Waals surface area contributed by atoms with Gasteiger partial charge in [0.15, 0.2) is 5.13 Å². The number of hydrogen-bond acceptors (Lipinski definition) is 6. The number of thiazole rings is 1. The smallest absolute Gasteiger partial charge is 0.413 e. The molecule has 2 amide bonds. The number of ether oxygens (including phenoxy) is 1. The molecule has 1 fully saturated rings. The minimum atomic E-state index is -0.892. The van der Waals surface area contributed by atoms with Crippen molar-refractivity contribution in [3.63, 3.8) is 0 Å². The minimum absolute atomic E-state index is 0.0522. The first-order valence-electron chi connectivity index (χ1n) is 11.6. The molecular formula is C26H25N3O5S. The number of hydrogen-bond donors (Lipinski definition) is 3. The fourth-order valence-electron chi connectivity index (χ4n) is 4.75. The van der Waals surface area contributed by atoms with Crippen molar-refractivity contribution in [1.82, 2.24) is 10.3 Å². The number of amides is 2. The number of nitrogens with zero attached hydrogens (tertiary/aromatic N) is 1. The number of aromatic nitrogens is 1. The molecule has 9 heteroatoms. The van der Waals surface area contributed by atoms with E-state index in [0.717, 1.165) is 52.9 Å². The first-order chi connectivity index (χ1) is 17.0. The predicted octanol–water partition coefficient (Wildman–Crippen LogP) is 4.73. The van der Waals surface area contributed by atoms with Crippen LogP contribution in [0.15, 0.2) is 54.7 Å². The molecule has 1 aromatic heterocycles. The van der Waals surface area contributed by atoms with Crippen LogP contribution < -0.4 is 10.6 Å². The van der Waals surface area contributed by atoms with Crippen LogP contribution in [0.5, 0.6) is 0 Å². The zero-order valence-electron chi connectivity index (χ0n) is 18.9. The number of rotatable bonds is 8. The molecule has 0 bridgehead atoms. The van der Waals surface area contributed by atoms with Gasteiger partial charge in [0.1, 0.15) is 11.5 Å². The monoisotopic (exact) mass is 491 g/mol. The summed E-state index contributed by atoms with van der Waals surface area (Å²) in [5, 5.41) is 14.9. The van der Waals surface area contributed by atoms with Crippen molar-refractivity contribution in [2.24, 2.45) is 11.8 Å². The summed E-state index contributed by atoms with van der Waals surface area (Å²) < 4.78 is 5.51. The molecule has 3 aromatic rings. The second kappa shape index (κ2) is 9.87. The van der Waals surface area contributed by atoms with Crippen molar-refractivity contribution in [2.75, 3.05) is 18.5 Å². The summed E-state index contributed by atoms with van der Waals surface area (Å²) in [5.41, 5.74) is 4.54. The molecule has 0 saturated heterocycles. The molecule has 5 rings (SSSR count). The maximum absolute atomic E-state index is 12.5. The van der Waals surface area contributed by atoms with E-state index in [-0.39, 0.29) is 35.0 Å². The second-order valence-electron chi connectivity index (χ2n) is 8.83. The van der Waals surface area contributed by atoms with Crippen molar-refractivity contribution in [3.8, 4) is 11.1 Å². The molecule has 1 saturated carbocycles. The zero-order chi connectivity index (χ0) is 24.4. The highest BCUT2D eigenvalue weighted by molar-refractivity contribution is 7.17. The second-order valence-corrected chi connectivity index (χ2v) is 9.86. The van der Waals surface area contributed by atoms with Crippen LogP contribution in [0.25, 0.3) is 11.1 Å². The number of fused-ring (bicyclic) bond motifs is 3. The van der Waals surface area contributed by atoms with Gasteiger partial charge in [-0.15, -0.1) is 0 Å². The maximum atomic E-state index is 12.5. The highest BCUT2D eigenvalue weighted by atomic mass is 32.1. The van der Waals surface area contributed by atoms with Gasteiger partial charge in [0.25, 0.3) is 5.91 Å². The lowest BCUT2D eigenvalue weighted by molar-refractivity contribution is -0.144. The van der Waals surface area contributed by atoms with Gasteiger partial charge in [-0.25, -0.2) is 9.78 Å². The summed E-state index contributed by atoms with van der Waals surface area (Å²) in [6, 6.07) is 16.2. The normalized spacial score (nSPS) is 15.4. The van der Waals surface area contributed by atoms with Crippen molar-refractivity contribution in [2.45, 2.75) is 25.2 Å². The molecule has 1 atom stereocenters. The minimum Gasteiger partial charge on any atom is -0.481 e. The van der Waals surface area contributed by atoms with E-state index in [9.17, 15) is 19.5 Å². The Morgan fingerprint density at radius 2 is 1.71 bits per heavy atom. The summed E-state index contributed by atoms with van der Waals surface area (Å²) in [6.45, 7) is 0.252. The molecule has 1 unspecified atom stereocenters. The summed E-state index contributed by atoms with van der Waals surface area (Å²) in [4.78, 5) is 40.8. The van der Waals surface area contributed by atoms with E-state index >= 15 is 0 Å². The molecule has 1 heterocycles. The van der Waals surface area contributed by atoms with Crippen LogP contribution in [-0.2, 0) is 9.53 Å². The number of anilines is 1. The van der Waals surface area contributed by atoms with Crippen LogP contribution in [0, 0.1) is 11.8 Å². The topological polar surface area (TPSA) is 118 Å².